The molecule has 1 heterocycles. The Morgan fingerprint density at radius 2 is 2.12 bits per heavy atom. The molecule has 2 unspecified atom stereocenters. The van der Waals surface area contributed by atoms with E-state index >= 15 is 0 Å². The minimum absolute atomic E-state index is 0.677. The SMILES string of the molecule is Cc1ccccc1C(C)C[SiH]1CCCCO1. The summed E-state index contributed by atoms with van der Waals surface area (Å²) in [5, 5.41) is 0. The molecule has 1 fully saturated rings. The van der Waals surface area contributed by atoms with Crippen molar-refractivity contribution in [1.29, 1.82) is 0 Å². The molecule has 1 nitrogen and oxygen atoms in total. The topological polar surface area (TPSA) is 9.23 Å². The third-order valence-electron chi connectivity index (χ3n) is 3.61. The number of benzene rings is 1. The highest BCUT2D eigenvalue weighted by Crippen LogP contribution is 2.27. The predicted molar refractivity (Wildman–Crippen MR) is 71.5 cm³/mol. The number of hydrogen-bond acceptors (Lipinski definition) is 1. The Morgan fingerprint density at radius 3 is 2.81 bits per heavy atom. The van der Waals surface area contributed by atoms with Gasteiger partial charge in [-0.15, -0.1) is 0 Å². The van der Waals surface area contributed by atoms with Crippen LogP contribution in [-0.2, 0) is 4.43 Å². The van der Waals surface area contributed by atoms with E-state index in [9.17, 15) is 0 Å². The highest BCUT2D eigenvalue weighted by Gasteiger charge is 2.20. The fourth-order valence-corrected chi connectivity index (χ4v) is 5.48. The van der Waals surface area contributed by atoms with Crippen molar-refractivity contribution in [3.05, 3.63) is 35.4 Å². The van der Waals surface area contributed by atoms with Gasteiger partial charge >= 0.3 is 0 Å². The van der Waals surface area contributed by atoms with Crippen LogP contribution in [0, 0.1) is 6.92 Å². The minimum atomic E-state index is -0.874. The van der Waals surface area contributed by atoms with Crippen molar-refractivity contribution >= 4 is 9.04 Å². The molecule has 16 heavy (non-hydrogen) atoms. The molecule has 0 aromatic heterocycles. The van der Waals surface area contributed by atoms with Crippen LogP contribution in [0.5, 0.6) is 0 Å². The molecule has 0 N–H and O–H groups in total. The Morgan fingerprint density at radius 1 is 1.31 bits per heavy atom. The molecule has 1 aliphatic heterocycles. The van der Waals surface area contributed by atoms with Gasteiger partial charge in [-0.25, -0.2) is 0 Å². The zero-order valence-electron chi connectivity index (χ0n) is 10.4. The molecule has 88 valence electrons. The second-order valence-corrected chi connectivity index (χ2v) is 7.61. The van der Waals surface area contributed by atoms with Crippen molar-refractivity contribution in [2.24, 2.45) is 0 Å². The summed E-state index contributed by atoms with van der Waals surface area (Å²) in [5.74, 6) is 0.677. The van der Waals surface area contributed by atoms with E-state index in [0.717, 1.165) is 6.61 Å². The second kappa shape index (κ2) is 5.64. The molecular weight excluding hydrogens is 212 g/mol. The van der Waals surface area contributed by atoms with Gasteiger partial charge in [0.15, 0.2) is 9.04 Å². The normalized spacial score (nSPS) is 23.0. The van der Waals surface area contributed by atoms with Gasteiger partial charge in [-0.1, -0.05) is 37.6 Å². The van der Waals surface area contributed by atoms with Crippen LogP contribution in [0.3, 0.4) is 0 Å². The zero-order chi connectivity index (χ0) is 11.4. The summed E-state index contributed by atoms with van der Waals surface area (Å²) in [6.45, 7) is 5.60. The molecule has 2 atom stereocenters. The summed E-state index contributed by atoms with van der Waals surface area (Å²) in [6.07, 6.45) is 2.68. The van der Waals surface area contributed by atoms with Crippen molar-refractivity contribution < 1.29 is 4.43 Å². The van der Waals surface area contributed by atoms with Gasteiger partial charge in [-0.3, -0.25) is 0 Å². The van der Waals surface area contributed by atoms with Crippen LogP contribution in [0.1, 0.15) is 36.8 Å². The molecule has 2 heteroatoms. The molecule has 0 bridgehead atoms. The van der Waals surface area contributed by atoms with Crippen LogP contribution >= 0.6 is 0 Å². The zero-order valence-corrected chi connectivity index (χ0v) is 11.6. The molecule has 0 spiro atoms. The molecule has 0 aliphatic carbocycles. The minimum Gasteiger partial charge on any atom is -0.420 e. The van der Waals surface area contributed by atoms with Crippen molar-refractivity contribution in [2.45, 2.75) is 44.7 Å². The van der Waals surface area contributed by atoms with E-state index in [-0.39, 0.29) is 0 Å². The lowest BCUT2D eigenvalue weighted by Gasteiger charge is -2.24. The van der Waals surface area contributed by atoms with Gasteiger partial charge in [0.05, 0.1) is 0 Å². The van der Waals surface area contributed by atoms with E-state index in [0.29, 0.717) is 5.92 Å². The van der Waals surface area contributed by atoms with Gasteiger partial charge < -0.3 is 4.43 Å². The first-order chi connectivity index (χ1) is 7.77. The Balaban J connectivity index is 1.96. The molecule has 1 aliphatic rings. The lowest BCUT2D eigenvalue weighted by Crippen LogP contribution is -2.24. The van der Waals surface area contributed by atoms with Crippen LogP contribution < -0.4 is 0 Å². The molecular formula is C14H22OSi. The van der Waals surface area contributed by atoms with Crippen LogP contribution in [0.25, 0.3) is 0 Å². The van der Waals surface area contributed by atoms with Crippen LogP contribution in [-0.4, -0.2) is 15.6 Å². The van der Waals surface area contributed by atoms with Crippen LogP contribution in [0.4, 0.5) is 0 Å². The van der Waals surface area contributed by atoms with Crippen LogP contribution in [0.15, 0.2) is 24.3 Å². The van der Waals surface area contributed by atoms with Gasteiger partial charge in [0.1, 0.15) is 0 Å². The molecule has 0 amide bonds. The highest BCUT2D eigenvalue weighted by atomic mass is 28.3. The first kappa shape index (κ1) is 11.9. The average Bonchev–Trinajstić information content (AvgIpc) is 2.31. The van der Waals surface area contributed by atoms with Gasteiger partial charge in [0.2, 0.25) is 0 Å². The monoisotopic (exact) mass is 234 g/mol. The van der Waals surface area contributed by atoms with E-state index in [1.54, 1.807) is 0 Å². The van der Waals surface area contributed by atoms with Gasteiger partial charge in [-0.05, 0) is 42.5 Å². The molecule has 1 saturated heterocycles. The summed E-state index contributed by atoms with van der Waals surface area (Å²) >= 11 is 0. The molecule has 0 saturated carbocycles. The Kier molecular flexibility index (Phi) is 4.19. The summed E-state index contributed by atoms with van der Waals surface area (Å²) in [6, 6.07) is 11.5. The summed E-state index contributed by atoms with van der Waals surface area (Å²) in [4.78, 5) is 0. The maximum Gasteiger partial charge on any atom is 0.177 e. The van der Waals surface area contributed by atoms with Crippen molar-refractivity contribution in [3.8, 4) is 0 Å². The lowest BCUT2D eigenvalue weighted by atomic mass is 9.98. The third-order valence-corrected chi connectivity index (χ3v) is 6.60. The number of rotatable bonds is 3. The second-order valence-electron chi connectivity index (χ2n) is 4.98. The van der Waals surface area contributed by atoms with Crippen molar-refractivity contribution in [1.82, 2.24) is 0 Å². The number of hydrogen-bond donors (Lipinski definition) is 0. The molecule has 0 radical (unpaired) electrons. The van der Waals surface area contributed by atoms with Crippen molar-refractivity contribution in [3.63, 3.8) is 0 Å². The average molecular weight is 234 g/mol. The standard InChI is InChI=1S/C14H22OSi/c1-12-7-3-4-8-14(12)13(2)11-16-10-6-5-9-15-16/h3-4,7-8,13,16H,5-6,9-11H2,1-2H3. The largest absolute Gasteiger partial charge is 0.420 e. The third kappa shape index (κ3) is 2.95. The Labute approximate surface area is 101 Å². The number of aryl methyl sites for hydroxylation is 1. The van der Waals surface area contributed by atoms with Gasteiger partial charge in [-0.2, -0.15) is 0 Å². The van der Waals surface area contributed by atoms with E-state index in [2.05, 4.69) is 38.1 Å². The van der Waals surface area contributed by atoms with Gasteiger partial charge in [0.25, 0.3) is 0 Å². The Bertz CT molecular complexity index is 331. The summed E-state index contributed by atoms with van der Waals surface area (Å²) < 4.78 is 5.95. The first-order valence-electron chi connectivity index (χ1n) is 6.44. The molecule has 1 aromatic carbocycles. The van der Waals surface area contributed by atoms with E-state index < -0.39 is 9.04 Å². The summed E-state index contributed by atoms with van der Waals surface area (Å²) in [5.41, 5.74) is 2.95. The van der Waals surface area contributed by atoms with Crippen LogP contribution in [0.2, 0.25) is 12.1 Å². The van der Waals surface area contributed by atoms with E-state index in [1.165, 1.54) is 36.1 Å². The van der Waals surface area contributed by atoms with Gasteiger partial charge in [0, 0.05) is 6.61 Å². The lowest BCUT2D eigenvalue weighted by molar-refractivity contribution is 0.285. The quantitative estimate of drug-likeness (QED) is 0.726. The smallest absolute Gasteiger partial charge is 0.177 e. The maximum atomic E-state index is 5.95. The van der Waals surface area contributed by atoms with E-state index in [4.69, 9.17) is 4.43 Å². The maximum absolute atomic E-state index is 5.95. The van der Waals surface area contributed by atoms with E-state index in [1.807, 2.05) is 0 Å². The summed E-state index contributed by atoms with van der Waals surface area (Å²) in [7, 11) is -0.874. The molecule has 1 aromatic rings. The fourth-order valence-electron chi connectivity index (χ4n) is 2.65. The molecule has 2 rings (SSSR count). The first-order valence-corrected chi connectivity index (χ1v) is 8.55. The Hall–Kier alpha value is -0.603. The van der Waals surface area contributed by atoms with Crippen molar-refractivity contribution in [2.75, 3.05) is 6.61 Å². The fraction of sp³-hybridized carbons (Fsp3) is 0.571. The highest BCUT2D eigenvalue weighted by molar-refractivity contribution is 6.52. The predicted octanol–water partition coefficient (Wildman–Crippen LogP) is 3.63.